The summed E-state index contributed by atoms with van der Waals surface area (Å²) in [6.45, 7) is 7.98. The van der Waals surface area contributed by atoms with Gasteiger partial charge in [0.2, 0.25) is 0 Å². The van der Waals surface area contributed by atoms with E-state index in [1.165, 1.54) is 0 Å². The van der Waals surface area contributed by atoms with Gasteiger partial charge in [-0.3, -0.25) is 0 Å². The van der Waals surface area contributed by atoms with Gasteiger partial charge in [0.25, 0.3) is 0 Å². The molecule has 1 aliphatic heterocycles. The van der Waals surface area contributed by atoms with Crippen molar-refractivity contribution < 1.29 is 9.47 Å². The monoisotopic (exact) mass is 142 g/mol. The lowest BCUT2D eigenvalue weighted by Gasteiger charge is -2.03. The van der Waals surface area contributed by atoms with Crippen LogP contribution in [0.5, 0.6) is 0 Å². The lowest BCUT2D eigenvalue weighted by molar-refractivity contribution is 0.137. The van der Waals surface area contributed by atoms with E-state index >= 15 is 0 Å². The van der Waals surface area contributed by atoms with Gasteiger partial charge in [-0.15, -0.1) is 6.58 Å². The topological polar surface area (TPSA) is 21.8 Å². The van der Waals surface area contributed by atoms with Crippen LogP contribution < -0.4 is 0 Å². The Balaban J connectivity index is 1.90. The van der Waals surface area contributed by atoms with Crippen LogP contribution in [0.25, 0.3) is 0 Å². The molecule has 0 aromatic rings. The first-order chi connectivity index (χ1) is 4.77. The molecule has 1 rings (SSSR count). The van der Waals surface area contributed by atoms with E-state index in [2.05, 4.69) is 13.5 Å². The molecule has 0 aliphatic carbocycles. The Hall–Kier alpha value is -0.340. The number of epoxide rings is 1. The van der Waals surface area contributed by atoms with E-state index in [0.29, 0.717) is 6.61 Å². The summed E-state index contributed by atoms with van der Waals surface area (Å²) in [6, 6.07) is 0. The normalized spacial score (nSPS) is 30.1. The molecule has 58 valence electrons. The molecule has 0 aromatic carbocycles. The fraction of sp³-hybridized carbons (Fsp3) is 0.750. The van der Waals surface area contributed by atoms with Gasteiger partial charge in [-0.2, -0.15) is 0 Å². The van der Waals surface area contributed by atoms with E-state index in [1.54, 1.807) is 6.08 Å². The van der Waals surface area contributed by atoms with Gasteiger partial charge in [0, 0.05) is 13.0 Å². The first-order valence-corrected chi connectivity index (χ1v) is 3.59. The Labute approximate surface area is 61.8 Å². The SMILES string of the molecule is C=CCOCC[C@]1(C)CO1. The van der Waals surface area contributed by atoms with E-state index in [1.807, 2.05) is 0 Å². The number of hydrogen-bond donors (Lipinski definition) is 0. The highest BCUT2D eigenvalue weighted by molar-refractivity contribution is 4.86. The highest BCUT2D eigenvalue weighted by Gasteiger charge is 2.38. The van der Waals surface area contributed by atoms with Gasteiger partial charge < -0.3 is 9.47 Å². The Bertz CT molecular complexity index is 116. The maximum atomic E-state index is 5.20. The van der Waals surface area contributed by atoms with Crippen LogP contribution in [0.1, 0.15) is 13.3 Å². The summed E-state index contributed by atoms with van der Waals surface area (Å²) in [5, 5.41) is 0. The Morgan fingerprint density at radius 2 is 2.50 bits per heavy atom. The smallest absolute Gasteiger partial charge is 0.0910 e. The van der Waals surface area contributed by atoms with E-state index in [9.17, 15) is 0 Å². The molecule has 0 aromatic heterocycles. The van der Waals surface area contributed by atoms with Crippen LogP contribution in [0, 0.1) is 0 Å². The van der Waals surface area contributed by atoms with Crippen molar-refractivity contribution in [2.45, 2.75) is 18.9 Å². The van der Waals surface area contributed by atoms with Crippen LogP contribution in [0.4, 0.5) is 0 Å². The molecule has 2 heteroatoms. The summed E-state index contributed by atoms with van der Waals surface area (Å²) >= 11 is 0. The first kappa shape index (κ1) is 7.76. The Kier molecular flexibility index (Phi) is 2.46. The van der Waals surface area contributed by atoms with Crippen LogP contribution in [-0.4, -0.2) is 25.4 Å². The molecule has 2 nitrogen and oxygen atoms in total. The zero-order valence-electron chi connectivity index (χ0n) is 6.43. The number of rotatable bonds is 5. The van der Waals surface area contributed by atoms with E-state index in [-0.39, 0.29) is 5.60 Å². The molecule has 10 heavy (non-hydrogen) atoms. The van der Waals surface area contributed by atoms with Crippen LogP contribution in [0.3, 0.4) is 0 Å². The molecule has 0 N–H and O–H groups in total. The average Bonchev–Trinajstić information content (AvgIpc) is 2.62. The van der Waals surface area contributed by atoms with Gasteiger partial charge in [0.05, 0.1) is 18.8 Å². The maximum absolute atomic E-state index is 5.20. The van der Waals surface area contributed by atoms with Crippen LogP contribution in [0.2, 0.25) is 0 Å². The van der Waals surface area contributed by atoms with E-state index < -0.39 is 0 Å². The number of hydrogen-bond acceptors (Lipinski definition) is 2. The molecule has 1 aliphatic rings. The van der Waals surface area contributed by atoms with E-state index in [0.717, 1.165) is 19.6 Å². The van der Waals surface area contributed by atoms with Crippen LogP contribution >= 0.6 is 0 Å². The highest BCUT2D eigenvalue weighted by atomic mass is 16.6. The van der Waals surface area contributed by atoms with Crippen LogP contribution in [0.15, 0.2) is 12.7 Å². The molecule has 0 radical (unpaired) electrons. The van der Waals surface area contributed by atoms with Gasteiger partial charge in [0.15, 0.2) is 0 Å². The van der Waals surface area contributed by atoms with Crippen molar-refractivity contribution in [3.05, 3.63) is 12.7 Å². The van der Waals surface area contributed by atoms with Crippen molar-refractivity contribution in [3.8, 4) is 0 Å². The predicted molar refractivity (Wildman–Crippen MR) is 40.0 cm³/mol. The fourth-order valence-electron chi connectivity index (χ4n) is 0.722. The quantitative estimate of drug-likeness (QED) is 0.328. The minimum absolute atomic E-state index is 0.140. The Morgan fingerprint density at radius 1 is 1.80 bits per heavy atom. The average molecular weight is 142 g/mol. The predicted octanol–water partition coefficient (Wildman–Crippen LogP) is 1.37. The van der Waals surface area contributed by atoms with Gasteiger partial charge >= 0.3 is 0 Å². The van der Waals surface area contributed by atoms with E-state index in [4.69, 9.17) is 9.47 Å². The molecular formula is C8H14O2. The molecule has 1 fully saturated rings. The molecule has 1 saturated heterocycles. The molecule has 0 saturated carbocycles. The minimum atomic E-state index is 0.140. The van der Waals surface area contributed by atoms with Gasteiger partial charge in [-0.05, 0) is 6.92 Å². The minimum Gasteiger partial charge on any atom is -0.377 e. The van der Waals surface area contributed by atoms with Crippen molar-refractivity contribution in [2.75, 3.05) is 19.8 Å². The molecule has 1 heterocycles. The zero-order valence-corrected chi connectivity index (χ0v) is 6.43. The van der Waals surface area contributed by atoms with Crippen LogP contribution in [-0.2, 0) is 9.47 Å². The van der Waals surface area contributed by atoms with Crippen molar-refractivity contribution in [3.63, 3.8) is 0 Å². The largest absolute Gasteiger partial charge is 0.377 e. The third kappa shape index (κ3) is 2.50. The third-order valence-electron chi connectivity index (χ3n) is 1.65. The van der Waals surface area contributed by atoms with Crippen molar-refractivity contribution >= 4 is 0 Å². The second-order valence-corrected chi connectivity index (χ2v) is 2.85. The summed E-state index contributed by atoms with van der Waals surface area (Å²) in [5.74, 6) is 0. The summed E-state index contributed by atoms with van der Waals surface area (Å²) in [5.41, 5.74) is 0.140. The lowest BCUT2D eigenvalue weighted by Crippen LogP contribution is -2.08. The molecule has 1 atom stereocenters. The lowest BCUT2D eigenvalue weighted by atomic mass is 10.1. The maximum Gasteiger partial charge on any atom is 0.0910 e. The van der Waals surface area contributed by atoms with Crippen molar-refractivity contribution in [2.24, 2.45) is 0 Å². The van der Waals surface area contributed by atoms with Crippen molar-refractivity contribution in [1.82, 2.24) is 0 Å². The summed E-state index contributed by atoms with van der Waals surface area (Å²) in [4.78, 5) is 0. The second-order valence-electron chi connectivity index (χ2n) is 2.85. The zero-order chi connectivity index (χ0) is 7.45. The molecule has 0 bridgehead atoms. The molecule has 0 spiro atoms. The van der Waals surface area contributed by atoms with Gasteiger partial charge in [0.1, 0.15) is 0 Å². The number of ether oxygens (including phenoxy) is 2. The molecular weight excluding hydrogens is 128 g/mol. The Morgan fingerprint density at radius 3 is 3.00 bits per heavy atom. The second kappa shape index (κ2) is 3.17. The summed E-state index contributed by atoms with van der Waals surface area (Å²) < 4.78 is 10.4. The summed E-state index contributed by atoms with van der Waals surface area (Å²) in [6.07, 6.45) is 2.76. The van der Waals surface area contributed by atoms with Gasteiger partial charge in [-0.25, -0.2) is 0 Å². The third-order valence-corrected chi connectivity index (χ3v) is 1.65. The molecule has 0 amide bonds. The standard InChI is InChI=1S/C8H14O2/c1-3-5-9-6-4-8(2)7-10-8/h3H,1,4-7H2,2H3/t8-/m1/s1. The molecule has 0 unspecified atom stereocenters. The summed E-state index contributed by atoms with van der Waals surface area (Å²) in [7, 11) is 0. The first-order valence-electron chi connectivity index (χ1n) is 3.59. The highest BCUT2D eigenvalue weighted by Crippen LogP contribution is 2.29. The van der Waals surface area contributed by atoms with Gasteiger partial charge in [-0.1, -0.05) is 6.08 Å². The van der Waals surface area contributed by atoms with Crippen molar-refractivity contribution in [1.29, 1.82) is 0 Å². The fourth-order valence-corrected chi connectivity index (χ4v) is 0.722.